The Balaban J connectivity index is 1.65. The number of hydrogen-bond acceptors (Lipinski definition) is 3. The predicted octanol–water partition coefficient (Wildman–Crippen LogP) is 5.76. The molecule has 3 nitrogen and oxygen atoms in total. The minimum absolute atomic E-state index is 0.185. The summed E-state index contributed by atoms with van der Waals surface area (Å²) in [5.41, 5.74) is 1.75. The Kier molecular flexibility index (Phi) is 4.72. The van der Waals surface area contributed by atoms with Crippen LogP contribution in [0.5, 0.6) is 0 Å². The third-order valence-corrected chi connectivity index (χ3v) is 5.55. The van der Waals surface area contributed by atoms with Gasteiger partial charge in [-0.15, -0.1) is 10.2 Å². The van der Waals surface area contributed by atoms with Crippen molar-refractivity contribution in [2.75, 3.05) is 0 Å². The first-order valence-corrected chi connectivity index (χ1v) is 9.72. The summed E-state index contributed by atoms with van der Waals surface area (Å²) >= 11 is 1.28. The summed E-state index contributed by atoms with van der Waals surface area (Å²) in [5.74, 6) is 1.46. The van der Waals surface area contributed by atoms with Crippen molar-refractivity contribution in [1.29, 1.82) is 0 Å². The number of nitrogens with zero attached hydrogens (tertiary/aromatic N) is 3. The van der Waals surface area contributed by atoms with Gasteiger partial charge < -0.3 is 0 Å². The zero-order valence-corrected chi connectivity index (χ0v) is 15.5. The molecule has 2 aromatic carbocycles. The summed E-state index contributed by atoms with van der Waals surface area (Å²) < 4.78 is 41.7. The molecule has 0 atom stereocenters. The van der Waals surface area contributed by atoms with E-state index >= 15 is 0 Å². The van der Waals surface area contributed by atoms with Crippen LogP contribution in [0.2, 0.25) is 0 Å². The van der Waals surface area contributed by atoms with Gasteiger partial charge in [-0.2, -0.15) is 13.2 Å². The van der Waals surface area contributed by atoms with E-state index in [0.717, 1.165) is 36.0 Å². The number of alkyl halides is 3. The van der Waals surface area contributed by atoms with Crippen molar-refractivity contribution in [2.24, 2.45) is 0 Å². The third kappa shape index (κ3) is 3.88. The van der Waals surface area contributed by atoms with Crippen molar-refractivity contribution in [1.82, 2.24) is 14.8 Å². The van der Waals surface area contributed by atoms with Crippen LogP contribution in [0.4, 0.5) is 13.2 Å². The van der Waals surface area contributed by atoms with Gasteiger partial charge in [-0.3, -0.25) is 4.57 Å². The molecule has 1 heterocycles. The van der Waals surface area contributed by atoms with Gasteiger partial charge in [-0.25, -0.2) is 0 Å². The van der Waals surface area contributed by atoms with Crippen molar-refractivity contribution in [2.45, 2.75) is 42.8 Å². The van der Waals surface area contributed by atoms with Gasteiger partial charge in [0.2, 0.25) is 0 Å². The number of thioether (sulfide) groups is 1. The van der Waals surface area contributed by atoms with Gasteiger partial charge in [0.1, 0.15) is 5.82 Å². The van der Waals surface area contributed by atoms with Crippen LogP contribution < -0.4 is 0 Å². The molecule has 140 valence electrons. The highest BCUT2D eigenvalue weighted by molar-refractivity contribution is 7.98. The summed E-state index contributed by atoms with van der Waals surface area (Å²) in [6.45, 7) is 2.02. The van der Waals surface area contributed by atoms with Crippen molar-refractivity contribution in [3.63, 3.8) is 0 Å². The second-order valence-electron chi connectivity index (χ2n) is 6.73. The van der Waals surface area contributed by atoms with Gasteiger partial charge in [0.15, 0.2) is 5.16 Å². The van der Waals surface area contributed by atoms with Crippen molar-refractivity contribution in [3.8, 4) is 5.69 Å². The lowest BCUT2D eigenvalue weighted by Crippen LogP contribution is -2.08. The highest BCUT2D eigenvalue weighted by Gasteiger charge is 2.34. The maximum Gasteiger partial charge on any atom is 0.416 e. The minimum Gasteiger partial charge on any atom is -0.274 e. The fourth-order valence-corrected chi connectivity index (χ4v) is 3.95. The van der Waals surface area contributed by atoms with Gasteiger partial charge in [0, 0.05) is 17.4 Å². The van der Waals surface area contributed by atoms with E-state index in [1.54, 1.807) is 6.07 Å². The molecular formula is C20H18F3N3S. The maximum absolute atomic E-state index is 13.2. The molecule has 0 saturated heterocycles. The number of rotatable bonds is 5. The van der Waals surface area contributed by atoms with E-state index in [0.29, 0.717) is 11.1 Å². The molecule has 3 aromatic rings. The topological polar surface area (TPSA) is 30.7 Å². The van der Waals surface area contributed by atoms with Crippen molar-refractivity contribution in [3.05, 3.63) is 71.0 Å². The van der Waals surface area contributed by atoms with E-state index in [9.17, 15) is 13.2 Å². The van der Waals surface area contributed by atoms with E-state index in [1.165, 1.54) is 23.9 Å². The van der Waals surface area contributed by atoms with E-state index in [2.05, 4.69) is 10.2 Å². The average Bonchev–Trinajstić information content (AvgIpc) is 3.40. The molecule has 0 amide bonds. The van der Waals surface area contributed by atoms with Crippen molar-refractivity contribution >= 4 is 11.8 Å². The molecule has 1 aromatic heterocycles. The van der Waals surface area contributed by atoms with E-state index < -0.39 is 11.7 Å². The molecule has 1 fully saturated rings. The largest absolute Gasteiger partial charge is 0.416 e. The van der Waals surface area contributed by atoms with Crippen LogP contribution in [0.1, 0.15) is 41.3 Å². The summed E-state index contributed by atoms with van der Waals surface area (Å²) in [6.07, 6.45) is -2.21. The Morgan fingerprint density at radius 2 is 1.74 bits per heavy atom. The smallest absolute Gasteiger partial charge is 0.274 e. The SMILES string of the molecule is Cc1ccc(-n2c(SCc3ccccc3C(F)(F)F)nnc2C2CC2)cc1. The van der Waals surface area contributed by atoms with Gasteiger partial charge in [-0.1, -0.05) is 47.7 Å². The normalized spacial score (nSPS) is 14.5. The van der Waals surface area contributed by atoms with Crippen LogP contribution in [-0.2, 0) is 11.9 Å². The van der Waals surface area contributed by atoms with Gasteiger partial charge in [0.05, 0.1) is 5.56 Å². The van der Waals surface area contributed by atoms with Crippen LogP contribution in [-0.4, -0.2) is 14.8 Å². The summed E-state index contributed by atoms with van der Waals surface area (Å²) in [4.78, 5) is 0. The zero-order chi connectivity index (χ0) is 19.0. The quantitative estimate of drug-likeness (QED) is 0.520. The summed E-state index contributed by atoms with van der Waals surface area (Å²) in [5, 5.41) is 9.23. The highest BCUT2D eigenvalue weighted by atomic mass is 32.2. The molecule has 0 unspecified atom stereocenters. The van der Waals surface area contributed by atoms with Gasteiger partial charge >= 0.3 is 6.18 Å². The molecule has 0 bridgehead atoms. The fourth-order valence-electron chi connectivity index (χ4n) is 2.98. The molecule has 7 heteroatoms. The Morgan fingerprint density at radius 3 is 2.41 bits per heavy atom. The molecule has 1 aliphatic carbocycles. The molecule has 0 radical (unpaired) electrons. The lowest BCUT2D eigenvalue weighted by molar-refractivity contribution is -0.138. The predicted molar refractivity (Wildman–Crippen MR) is 99.1 cm³/mol. The second kappa shape index (κ2) is 7.03. The first-order valence-electron chi connectivity index (χ1n) is 8.74. The van der Waals surface area contributed by atoms with Crippen LogP contribution in [0, 0.1) is 6.92 Å². The Hall–Kier alpha value is -2.28. The Labute approximate surface area is 159 Å². The maximum atomic E-state index is 13.2. The van der Waals surface area contributed by atoms with E-state index in [4.69, 9.17) is 0 Å². The number of aromatic nitrogens is 3. The first-order chi connectivity index (χ1) is 12.9. The number of benzene rings is 2. The van der Waals surface area contributed by atoms with E-state index in [1.807, 2.05) is 35.8 Å². The van der Waals surface area contributed by atoms with Crippen molar-refractivity contribution < 1.29 is 13.2 Å². The fraction of sp³-hybridized carbons (Fsp3) is 0.300. The van der Waals surface area contributed by atoms with Crippen LogP contribution in [0.25, 0.3) is 5.69 Å². The Morgan fingerprint density at radius 1 is 1.04 bits per heavy atom. The third-order valence-electron chi connectivity index (χ3n) is 4.57. The lowest BCUT2D eigenvalue weighted by atomic mass is 10.1. The number of aryl methyl sites for hydroxylation is 1. The molecule has 1 saturated carbocycles. The molecule has 27 heavy (non-hydrogen) atoms. The average molecular weight is 389 g/mol. The van der Waals surface area contributed by atoms with Crippen LogP contribution >= 0.6 is 11.8 Å². The molecule has 0 spiro atoms. The number of halogens is 3. The summed E-state index contributed by atoms with van der Waals surface area (Å²) in [6, 6.07) is 13.7. The van der Waals surface area contributed by atoms with E-state index in [-0.39, 0.29) is 11.3 Å². The highest BCUT2D eigenvalue weighted by Crippen LogP contribution is 2.42. The molecule has 1 aliphatic rings. The van der Waals surface area contributed by atoms with Gasteiger partial charge in [0.25, 0.3) is 0 Å². The number of hydrogen-bond donors (Lipinski definition) is 0. The summed E-state index contributed by atoms with van der Waals surface area (Å²) in [7, 11) is 0. The molecule has 4 rings (SSSR count). The second-order valence-corrected chi connectivity index (χ2v) is 7.67. The standard InChI is InChI=1S/C20H18F3N3S/c1-13-6-10-16(11-7-13)26-18(14-8-9-14)24-25-19(26)27-12-15-4-2-3-5-17(15)20(21,22)23/h2-7,10-11,14H,8-9,12H2,1H3. The first kappa shape index (κ1) is 18.1. The monoisotopic (exact) mass is 389 g/mol. The zero-order valence-electron chi connectivity index (χ0n) is 14.7. The lowest BCUT2D eigenvalue weighted by Gasteiger charge is -2.13. The molecular weight excluding hydrogens is 371 g/mol. The Bertz CT molecular complexity index is 944. The van der Waals surface area contributed by atoms with Crippen LogP contribution in [0.15, 0.2) is 53.7 Å². The molecule has 0 N–H and O–H groups in total. The molecule has 0 aliphatic heterocycles. The minimum atomic E-state index is -4.36. The van der Waals surface area contributed by atoms with Crippen LogP contribution in [0.3, 0.4) is 0 Å². The van der Waals surface area contributed by atoms with Gasteiger partial charge in [-0.05, 0) is 43.5 Å².